The summed E-state index contributed by atoms with van der Waals surface area (Å²) in [7, 11) is 0. The quantitative estimate of drug-likeness (QED) is 0.871. The van der Waals surface area contributed by atoms with Crippen LogP contribution in [0.4, 0.5) is 0 Å². The van der Waals surface area contributed by atoms with Crippen LogP contribution in [0, 0.1) is 0 Å². The zero-order valence-electron chi connectivity index (χ0n) is 13.0. The molecule has 0 N–H and O–H groups in total. The van der Waals surface area contributed by atoms with E-state index in [2.05, 4.69) is 4.98 Å². The molecule has 1 amide bonds. The summed E-state index contributed by atoms with van der Waals surface area (Å²) in [6.07, 6.45) is 4.42. The number of benzene rings is 1. The molecule has 0 bridgehead atoms. The molecule has 0 unspecified atom stereocenters. The van der Waals surface area contributed by atoms with Crippen molar-refractivity contribution in [1.29, 1.82) is 0 Å². The Morgan fingerprint density at radius 2 is 2.23 bits per heavy atom. The molecule has 114 valence electrons. The fourth-order valence-electron chi connectivity index (χ4n) is 2.66. The first-order valence-corrected chi connectivity index (χ1v) is 7.61. The maximum Gasteiger partial charge on any atom is 0.254 e. The molecule has 1 aromatic carbocycles. The predicted molar refractivity (Wildman–Crippen MR) is 84.9 cm³/mol. The number of nitrogens with zero attached hydrogens (tertiary/aromatic N) is 2. The first-order valence-electron chi connectivity index (χ1n) is 7.61. The molecule has 4 heteroatoms. The Labute approximate surface area is 130 Å². The van der Waals surface area contributed by atoms with E-state index in [0.29, 0.717) is 13.2 Å². The monoisotopic (exact) mass is 296 g/mol. The summed E-state index contributed by atoms with van der Waals surface area (Å²) in [5.41, 5.74) is 2.88. The van der Waals surface area contributed by atoms with Gasteiger partial charge in [0.25, 0.3) is 5.91 Å². The number of amides is 1. The van der Waals surface area contributed by atoms with E-state index in [1.807, 2.05) is 49.1 Å². The molecule has 0 aliphatic carbocycles. The second-order valence-electron chi connectivity index (χ2n) is 5.81. The maximum atomic E-state index is 12.9. The van der Waals surface area contributed by atoms with Crippen molar-refractivity contribution in [1.82, 2.24) is 9.88 Å². The number of hydrogen-bond donors (Lipinski definition) is 0. The minimum Gasteiger partial charge on any atom is -0.493 e. The molecule has 0 spiro atoms. The van der Waals surface area contributed by atoms with Gasteiger partial charge in [0.15, 0.2) is 0 Å². The third-order valence-electron chi connectivity index (χ3n) is 3.90. The number of fused-ring (bicyclic) bond motifs is 1. The zero-order valence-corrected chi connectivity index (χ0v) is 13.0. The van der Waals surface area contributed by atoms with Crippen LogP contribution < -0.4 is 4.74 Å². The van der Waals surface area contributed by atoms with Gasteiger partial charge in [0, 0.05) is 37.0 Å². The standard InChI is InChI=1S/C18H20N2O2/c1-13(2)20(12-14-4-3-8-19-11-14)18(21)16-5-6-17-15(10-16)7-9-22-17/h3-6,8,10-11,13H,7,9,12H2,1-2H3. The molecular weight excluding hydrogens is 276 g/mol. The lowest BCUT2D eigenvalue weighted by Gasteiger charge is -2.27. The fourth-order valence-corrected chi connectivity index (χ4v) is 2.66. The van der Waals surface area contributed by atoms with Gasteiger partial charge in [-0.25, -0.2) is 0 Å². The van der Waals surface area contributed by atoms with Gasteiger partial charge in [-0.1, -0.05) is 6.07 Å². The van der Waals surface area contributed by atoms with Gasteiger partial charge in [-0.15, -0.1) is 0 Å². The molecule has 3 rings (SSSR count). The van der Waals surface area contributed by atoms with Gasteiger partial charge >= 0.3 is 0 Å². The van der Waals surface area contributed by atoms with E-state index < -0.39 is 0 Å². The summed E-state index contributed by atoms with van der Waals surface area (Å²) in [6, 6.07) is 9.72. The Hall–Kier alpha value is -2.36. The van der Waals surface area contributed by atoms with E-state index in [1.165, 1.54) is 0 Å². The molecular formula is C18H20N2O2. The van der Waals surface area contributed by atoms with Gasteiger partial charge in [-0.3, -0.25) is 9.78 Å². The third kappa shape index (κ3) is 2.96. The summed E-state index contributed by atoms with van der Waals surface area (Å²) in [5, 5.41) is 0. The molecule has 1 aliphatic heterocycles. The Bertz CT molecular complexity index is 668. The maximum absolute atomic E-state index is 12.9. The van der Waals surface area contributed by atoms with Gasteiger partial charge in [0.2, 0.25) is 0 Å². The lowest BCUT2D eigenvalue weighted by atomic mass is 10.1. The smallest absolute Gasteiger partial charge is 0.254 e. The predicted octanol–water partition coefficient (Wildman–Crippen LogP) is 3.07. The lowest BCUT2D eigenvalue weighted by Crippen LogP contribution is -2.36. The largest absolute Gasteiger partial charge is 0.493 e. The van der Waals surface area contributed by atoms with Crippen molar-refractivity contribution in [2.24, 2.45) is 0 Å². The number of aromatic nitrogens is 1. The molecule has 2 aromatic rings. The van der Waals surface area contributed by atoms with Gasteiger partial charge < -0.3 is 9.64 Å². The highest BCUT2D eigenvalue weighted by atomic mass is 16.5. The highest BCUT2D eigenvalue weighted by Gasteiger charge is 2.21. The van der Waals surface area contributed by atoms with Crippen LogP contribution >= 0.6 is 0 Å². The molecule has 4 nitrogen and oxygen atoms in total. The van der Waals surface area contributed by atoms with E-state index in [-0.39, 0.29) is 11.9 Å². The van der Waals surface area contributed by atoms with Crippen molar-refractivity contribution in [2.45, 2.75) is 32.9 Å². The van der Waals surface area contributed by atoms with Crippen LogP contribution in [0.3, 0.4) is 0 Å². The summed E-state index contributed by atoms with van der Waals surface area (Å²) in [6.45, 7) is 5.34. The van der Waals surface area contributed by atoms with E-state index in [1.54, 1.807) is 12.4 Å². The van der Waals surface area contributed by atoms with Gasteiger partial charge in [0.05, 0.1) is 6.61 Å². The van der Waals surface area contributed by atoms with Crippen LogP contribution in [0.15, 0.2) is 42.7 Å². The van der Waals surface area contributed by atoms with Crippen molar-refractivity contribution >= 4 is 5.91 Å². The topological polar surface area (TPSA) is 42.4 Å². The first kappa shape index (κ1) is 14.6. The highest BCUT2D eigenvalue weighted by Crippen LogP contribution is 2.26. The molecule has 0 atom stereocenters. The number of ether oxygens (including phenoxy) is 1. The molecule has 22 heavy (non-hydrogen) atoms. The van der Waals surface area contributed by atoms with Crippen molar-refractivity contribution in [2.75, 3.05) is 6.61 Å². The van der Waals surface area contributed by atoms with Crippen molar-refractivity contribution in [3.63, 3.8) is 0 Å². The summed E-state index contributed by atoms with van der Waals surface area (Å²) in [5.74, 6) is 0.952. The number of pyridine rings is 1. The number of carbonyl (C=O) groups is 1. The van der Waals surface area contributed by atoms with Crippen LogP contribution in [-0.4, -0.2) is 28.4 Å². The van der Waals surface area contributed by atoms with Crippen molar-refractivity contribution in [3.8, 4) is 5.75 Å². The van der Waals surface area contributed by atoms with Crippen LogP contribution in [0.5, 0.6) is 5.75 Å². The van der Waals surface area contributed by atoms with E-state index in [9.17, 15) is 4.79 Å². The third-order valence-corrected chi connectivity index (χ3v) is 3.90. The van der Waals surface area contributed by atoms with E-state index >= 15 is 0 Å². The van der Waals surface area contributed by atoms with Gasteiger partial charge in [-0.05, 0) is 49.2 Å². The van der Waals surface area contributed by atoms with E-state index in [4.69, 9.17) is 4.74 Å². The lowest BCUT2D eigenvalue weighted by molar-refractivity contribution is 0.0690. The van der Waals surface area contributed by atoms with Crippen LogP contribution in [-0.2, 0) is 13.0 Å². The highest BCUT2D eigenvalue weighted by molar-refractivity contribution is 5.94. The molecule has 0 saturated carbocycles. The summed E-state index contributed by atoms with van der Waals surface area (Å²) >= 11 is 0. The van der Waals surface area contributed by atoms with Crippen molar-refractivity contribution < 1.29 is 9.53 Å². The SMILES string of the molecule is CC(C)N(Cc1cccnc1)C(=O)c1ccc2c(c1)CCO2. The number of hydrogen-bond acceptors (Lipinski definition) is 3. The Kier molecular flexibility index (Phi) is 4.09. The molecule has 2 heterocycles. The minimum atomic E-state index is 0.0496. The minimum absolute atomic E-state index is 0.0496. The van der Waals surface area contributed by atoms with Crippen molar-refractivity contribution in [3.05, 3.63) is 59.4 Å². The molecule has 0 radical (unpaired) electrons. The van der Waals surface area contributed by atoms with E-state index in [0.717, 1.165) is 28.9 Å². The summed E-state index contributed by atoms with van der Waals surface area (Å²) in [4.78, 5) is 18.8. The summed E-state index contributed by atoms with van der Waals surface area (Å²) < 4.78 is 5.50. The normalized spacial score (nSPS) is 12.9. The first-order chi connectivity index (χ1) is 10.6. The second-order valence-corrected chi connectivity index (χ2v) is 5.81. The number of carbonyl (C=O) groups excluding carboxylic acids is 1. The average Bonchev–Trinajstić information content (AvgIpc) is 3.00. The van der Waals surface area contributed by atoms with Crippen LogP contribution in [0.1, 0.15) is 35.3 Å². The zero-order chi connectivity index (χ0) is 15.5. The average molecular weight is 296 g/mol. The number of rotatable bonds is 4. The Morgan fingerprint density at radius 3 is 2.95 bits per heavy atom. The Balaban J connectivity index is 1.83. The second kappa shape index (κ2) is 6.18. The molecule has 1 aromatic heterocycles. The Morgan fingerprint density at radius 1 is 1.36 bits per heavy atom. The van der Waals surface area contributed by atoms with Crippen LogP contribution in [0.25, 0.3) is 0 Å². The molecule has 1 aliphatic rings. The van der Waals surface area contributed by atoms with Crippen LogP contribution in [0.2, 0.25) is 0 Å². The van der Waals surface area contributed by atoms with Gasteiger partial charge in [0.1, 0.15) is 5.75 Å². The molecule has 0 saturated heterocycles. The fraction of sp³-hybridized carbons (Fsp3) is 0.333. The van der Waals surface area contributed by atoms with Gasteiger partial charge in [-0.2, -0.15) is 0 Å². The molecule has 0 fully saturated rings.